The summed E-state index contributed by atoms with van der Waals surface area (Å²) in [6.45, 7) is 4.06. The summed E-state index contributed by atoms with van der Waals surface area (Å²) in [4.78, 5) is 46.5. The van der Waals surface area contributed by atoms with Crippen molar-refractivity contribution in [3.63, 3.8) is 0 Å². The summed E-state index contributed by atoms with van der Waals surface area (Å²) >= 11 is 0. The number of ether oxygens (including phenoxy) is 1. The zero-order valence-corrected chi connectivity index (χ0v) is 15.0. The molecule has 0 saturated carbocycles. The SMILES string of the molecule is CC(=O)N/C(=C\c1ccccc1)C(=O)OCC(=O)NCC(=O)NC(C)C. The summed E-state index contributed by atoms with van der Waals surface area (Å²) in [6.07, 6.45) is 1.44. The Morgan fingerprint density at radius 2 is 1.73 bits per heavy atom. The molecule has 1 rings (SSSR count). The van der Waals surface area contributed by atoms with Gasteiger partial charge in [-0.2, -0.15) is 0 Å². The van der Waals surface area contributed by atoms with Gasteiger partial charge in [-0.25, -0.2) is 4.79 Å². The van der Waals surface area contributed by atoms with Gasteiger partial charge in [0.2, 0.25) is 11.8 Å². The third-order valence-corrected chi connectivity index (χ3v) is 2.87. The summed E-state index contributed by atoms with van der Waals surface area (Å²) in [6, 6.07) is 8.81. The Morgan fingerprint density at radius 1 is 1.08 bits per heavy atom. The van der Waals surface area contributed by atoms with Crippen molar-refractivity contribution < 1.29 is 23.9 Å². The maximum atomic E-state index is 12.1. The number of esters is 1. The molecule has 0 bridgehead atoms. The van der Waals surface area contributed by atoms with Crippen LogP contribution in [0.25, 0.3) is 6.08 Å². The number of nitrogens with one attached hydrogen (secondary N) is 3. The molecule has 26 heavy (non-hydrogen) atoms. The molecule has 0 aliphatic rings. The summed E-state index contributed by atoms with van der Waals surface area (Å²) in [5.74, 6) is -2.27. The Labute approximate surface area is 152 Å². The fraction of sp³-hybridized carbons (Fsp3) is 0.333. The van der Waals surface area contributed by atoms with Crippen LogP contribution < -0.4 is 16.0 Å². The molecule has 140 valence electrons. The molecular formula is C18H23N3O5. The number of carbonyl (C=O) groups excluding carboxylic acids is 4. The topological polar surface area (TPSA) is 114 Å². The third-order valence-electron chi connectivity index (χ3n) is 2.87. The van der Waals surface area contributed by atoms with E-state index in [0.29, 0.717) is 5.56 Å². The van der Waals surface area contributed by atoms with E-state index in [1.807, 2.05) is 6.07 Å². The van der Waals surface area contributed by atoms with E-state index in [4.69, 9.17) is 4.74 Å². The van der Waals surface area contributed by atoms with Gasteiger partial charge in [0.15, 0.2) is 6.61 Å². The Balaban J connectivity index is 2.59. The lowest BCUT2D eigenvalue weighted by Crippen LogP contribution is -2.41. The highest BCUT2D eigenvalue weighted by Gasteiger charge is 2.15. The Kier molecular flexibility index (Phi) is 8.56. The number of benzene rings is 1. The highest BCUT2D eigenvalue weighted by Crippen LogP contribution is 2.06. The van der Waals surface area contributed by atoms with Crippen molar-refractivity contribution in [1.82, 2.24) is 16.0 Å². The van der Waals surface area contributed by atoms with Crippen LogP contribution >= 0.6 is 0 Å². The van der Waals surface area contributed by atoms with Crippen LogP contribution in [-0.2, 0) is 23.9 Å². The van der Waals surface area contributed by atoms with Crippen molar-refractivity contribution >= 4 is 29.8 Å². The van der Waals surface area contributed by atoms with Crippen molar-refractivity contribution in [2.24, 2.45) is 0 Å². The molecule has 0 spiro atoms. The third kappa shape index (κ3) is 8.62. The minimum absolute atomic E-state index is 0.0411. The zero-order chi connectivity index (χ0) is 19.5. The second-order valence-electron chi connectivity index (χ2n) is 5.72. The van der Waals surface area contributed by atoms with E-state index in [0.717, 1.165) is 0 Å². The molecule has 0 fully saturated rings. The van der Waals surface area contributed by atoms with Crippen LogP contribution in [0.2, 0.25) is 0 Å². The summed E-state index contributed by atoms with van der Waals surface area (Å²) < 4.78 is 4.89. The fourth-order valence-electron chi connectivity index (χ4n) is 1.86. The molecule has 8 nitrogen and oxygen atoms in total. The van der Waals surface area contributed by atoms with E-state index in [9.17, 15) is 19.2 Å². The largest absolute Gasteiger partial charge is 0.451 e. The van der Waals surface area contributed by atoms with Crippen molar-refractivity contribution in [3.8, 4) is 0 Å². The molecular weight excluding hydrogens is 338 g/mol. The van der Waals surface area contributed by atoms with Gasteiger partial charge in [0.25, 0.3) is 5.91 Å². The first-order valence-corrected chi connectivity index (χ1v) is 8.05. The van der Waals surface area contributed by atoms with Gasteiger partial charge in [0.05, 0.1) is 6.54 Å². The number of amides is 3. The molecule has 0 radical (unpaired) electrons. The quantitative estimate of drug-likeness (QED) is 0.457. The Morgan fingerprint density at radius 3 is 2.31 bits per heavy atom. The normalized spacial score (nSPS) is 10.8. The van der Waals surface area contributed by atoms with Gasteiger partial charge in [-0.05, 0) is 25.5 Å². The van der Waals surface area contributed by atoms with Gasteiger partial charge in [0.1, 0.15) is 5.70 Å². The average Bonchev–Trinajstić information content (AvgIpc) is 2.57. The first kappa shape index (κ1) is 20.9. The maximum Gasteiger partial charge on any atom is 0.355 e. The lowest BCUT2D eigenvalue weighted by atomic mass is 10.2. The van der Waals surface area contributed by atoms with Crippen LogP contribution in [-0.4, -0.2) is 42.9 Å². The minimum atomic E-state index is -0.856. The standard InChI is InChI=1S/C18H23N3O5/c1-12(2)20-16(23)10-19-17(24)11-26-18(25)15(21-13(3)22)9-14-7-5-4-6-8-14/h4-9,12H,10-11H2,1-3H3,(H,19,24)(H,20,23)(H,21,22)/b15-9-. The molecule has 0 aromatic heterocycles. The first-order valence-electron chi connectivity index (χ1n) is 8.05. The van der Waals surface area contributed by atoms with E-state index in [1.165, 1.54) is 13.0 Å². The summed E-state index contributed by atoms with van der Waals surface area (Å²) in [5.41, 5.74) is 0.594. The summed E-state index contributed by atoms with van der Waals surface area (Å²) in [5, 5.41) is 7.33. The average molecular weight is 361 g/mol. The molecule has 0 aliphatic carbocycles. The predicted molar refractivity (Wildman–Crippen MR) is 95.5 cm³/mol. The van der Waals surface area contributed by atoms with Crippen molar-refractivity contribution in [2.45, 2.75) is 26.8 Å². The van der Waals surface area contributed by atoms with Gasteiger partial charge < -0.3 is 20.7 Å². The molecule has 0 aliphatic heterocycles. The van der Waals surface area contributed by atoms with E-state index in [2.05, 4.69) is 16.0 Å². The molecule has 0 saturated heterocycles. The number of rotatable bonds is 8. The molecule has 1 aromatic carbocycles. The van der Waals surface area contributed by atoms with Crippen LogP contribution in [0.4, 0.5) is 0 Å². The Bertz CT molecular complexity index is 683. The van der Waals surface area contributed by atoms with Crippen LogP contribution in [0.15, 0.2) is 36.0 Å². The van der Waals surface area contributed by atoms with E-state index >= 15 is 0 Å². The van der Waals surface area contributed by atoms with Gasteiger partial charge >= 0.3 is 5.97 Å². The second-order valence-corrected chi connectivity index (χ2v) is 5.72. The van der Waals surface area contributed by atoms with Crippen molar-refractivity contribution in [1.29, 1.82) is 0 Å². The van der Waals surface area contributed by atoms with Crippen molar-refractivity contribution in [2.75, 3.05) is 13.2 Å². The molecule has 0 heterocycles. The molecule has 0 atom stereocenters. The molecule has 8 heteroatoms. The van der Waals surface area contributed by atoms with Gasteiger partial charge in [0, 0.05) is 13.0 Å². The molecule has 0 unspecified atom stereocenters. The highest BCUT2D eigenvalue weighted by atomic mass is 16.5. The smallest absolute Gasteiger partial charge is 0.355 e. The zero-order valence-electron chi connectivity index (χ0n) is 15.0. The van der Waals surface area contributed by atoms with Crippen LogP contribution in [0.3, 0.4) is 0 Å². The first-order chi connectivity index (χ1) is 12.3. The molecule has 3 N–H and O–H groups in total. The Hall–Kier alpha value is -3.16. The van der Waals surface area contributed by atoms with Gasteiger partial charge in [-0.3, -0.25) is 14.4 Å². The van der Waals surface area contributed by atoms with Gasteiger partial charge in [-0.1, -0.05) is 30.3 Å². The fourth-order valence-corrected chi connectivity index (χ4v) is 1.86. The maximum absolute atomic E-state index is 12.1. The number of carbonyl (C=O) groups is 4. The van der Waals surface area contributed by atoms with Crippen molar-refractivity contribution in [3.05, 3.63) is 41.6 Å². The van der Waals surface area contributed by atoms with Gasteiger partial charge in [-0.15, -0.1) is 0 Å². The van der Waals surface area contributed by atoms with E-state index in [-0.39, 0.29) is 24.2 Å². The minimum Gasteiger partial charge on any atom is -0.451 e. The second kappa shape index (κ2) is 10.7. The van der Waals surface area contributed by atoms with E-state index < -0.39 is 24.4 Å². The molecule has 3 amide bonds. The van der Waals surface area contributed by atoms with E-state index in [1.54, 1.807) is 38.1 Å². The monoisotopic (exact) mass is 361 g/mol. The highest BCUT2D eigenvalue weighted by molar-refractivity contribution is 5.98. The number of hydrogen-bond acceptors (Lipinski definition) is 5. The lowest BCUT2D eigenvalue weighted by molar-refractivity contribution is -0.145. The van der Waals surface area contributed by atoms with Crippen LogP contribution in [0.1, 0.15) is 26.3 Å². The predicted octanol–water partition coefficient (Wildman–Crippen LogP) is 0.348. The summed E-state index contributed by atoms with van der Waals surface area (Å²) in [7, 11) is 0. The van der Waals surface area contributed by atoms with Crippen LogP contribution in [0.5, 0.6) is 0 Å². The lowest BCUT2D eigenvalue weighted by Gasteiger charge is -2.11. The number of hydrogen-bond donors (Lipinski definition) is 3. The van der Waals surface area contributed by atoms with Crippen LogP contribution in [0, 0.1) is 0 Å². The molecule has 1 aromatic rings.